The second-order valence-corrected chi connectivity index (χ2v) is 6.46. The smallest absolute Gasteiger partial charge is 0.0246 e. The first-order valence-electron chi connectivity index (χ1n) is 8.25. The maximum atomic E-state index is 3.71. The van der Waals surface area contributed by atoms with Gasteiger partial charge in [-0.05, 0) is 45.2 Å². The largest absolute Gasteiger partial charge is 0.313 e. The SMILES string of the molecule is CCNC1CCCCC1N(C)CC1CCCCC1. The predicted molar refractivity (Wildman–Crippen MR) is 78.9 cm³/mol. The zero-order valence-corrected chi connectivity index (χ0v) is 12.5. The fraction of sp³-hybridized carbons (Fsp3) is 1.00. The molecule has 2 nitrogen and oxygen atoms in total. The van der Waals surface area contributed by atoms with Gasteiger partial charge in [-0.3, -0.25) is 0 Å². The third-order valence-corrected chi connectivity index (χ3v) is 5.03. The van der Waals surface area contributed by atoms with Gasteiger partial charge in [0.1, 0.15) is 0 Å². The quantitative estimate of drug-likeness (QED) is 0.806. The van der Waals surface area contributed by atoms with Crippen molar-refractivity contribution >= 4 is 0 Å². The molecule has 0 heterocycles. The number of hydrogen-bond acceptors (Lipinski definition) is 2. The van der Waals surface area contributed by atoms with Gasteiger partial charge in [-0.25, -0.2) is 0 Å². The Morgan fingerprint density at radius 2 is 1.61 bits per heavy atom. The molecule has 0 aromatic carbocycles. The van der Waals surface area contributed by atoms with Crippen LogP contribution in [0.5, 0.6) is 0 Å². The average molecular weight is 252 g/mol. The Bertz CT molecular complexity index is 221. The molecule has 2 heteroatoms. The van der Waals surface area contributed by atoms with Gasteiger partial charge >= 0.3 is 0 Å². The molecule has 2 fully saturated rings. The molecule has 18 heavy (non-hydrogen) atoms. The van der Waals surface area contributed by atoms with Crippen LogP contribution in [-0.4, -0.2) is 37.1 Å². The first kappa shape index (κ1) is 14.3. The highest BCUT2D eigenvalue weighted by molar-refractivity contribution is 4.87. The van der Waals surface area contributed by atoms with E-state index in [1.165, 1.54) is 64.3 Å². The van der Waals surface area contributed by atoms with Crippen molar-refractivity contribution < 1.29 is 0 Å². The second-order valence-electron chi connectivity index (χ2n) is 6.46. The third kappa shape index (κ3) is 3.96. The zero-order valence-electron chi connectivity index (χ0n) is 12.5. The number of likely N-dealkylation sites (N-methyl/N-ethyl adjacent to an activating group) is 2. The predicted octanol–water partition coefficient (Wildman–Crippen LogP) is 3.42. The van der Waals surface area contributed by atoms with Crippen LogP contribution in [0.15, 0.2) is 0 Å². The molecule has 0 bridgehead atoms. The monoisotopic (exact) mass is 252 g/mol. The Balaban J connectivity index is 1.82. The Labute approximate surface area is 114 Å². The van der Waals surface area contributed by atoms with Gasteiger partial charge in [0.25, 0.3) is 0 Å². The topological polar surface area (TPSA) is 15.3 Å². The van der Waals surface area contributed by atoms with E-state index >= 15 is 0 Å². The molecule has 1 N–H and O–H groups in total. The molecule has 2 aliphatic rings. The minimum atomic E-state index is 0.748. The lowest BCUT2D eigenvalue weighted by molar-refractivity contribution is 0.121. The van der Waals surface area contributed by atoms with Crippen LogP contribution in [0.4, 0.5) is 0 Å². The molecule has 2 saturated carbocycles. The zero-order chi connectivity index (χ0) is 12.8. The number of hydrogen-bond donors (Lipinski definition) is 1. The summed E-state index contributed by atoms with van der Waals surface area (Å²) < 4.78 is 0. The van der Waals surface area contributed by atoms with Crippen LogP contribution in [0.2, 0.25) is 0 Å². The van der Waals surface area contributed by atoms with E-state index < -0.39 is 0 Å². The van der Waals surface area contributed by atoms with E-state index in [4.69, 9.17) is 0 Å². The highest BCUT2D eigenvalue weighted by atomic mass is 15.2. The van der Waals surface area contributed by atoms with Gasteiger partial charge in [0.15, 0.2) is 0 Å². The summed E-state index contributed by atoms with van der Waals surface area (Å²) in [6, 6.07) is 1.54. The molecule has 2 rings (SSSR count). The van der Waals surface area contributed by atoms with E-state index in [9.17, 15) is 0 Å². The highest BCUT2D eigenvalue weighted by Gasteiger charge is 2.28. The third-order valence-electron chi connectivity index (χ3n) is 5.03. The van der Waals surface area contributed by atoms with Crippen LogP contribution in [0, 0.1) is 5.92 Å². The molecule has 2 atom stereocenters. The summed E-state index contributed by atoms with van der Waals surface area (Å²) in [5, 5.41) is 3.71. The van der Waals surface area contributed by atoms with E-state index in [2.05, 4.69) is 24.2 Å². The highest BCUT2D eigenvalue weighted by Crippen LogP contribution is 2.27. The van der Waals surface area contributed by atoms with E-state index in [1.54, 1.807) is 0 Å². The Hall–Kier alpha value is -0.0800. The lowest BCUT2D eigenvalue weighted by Gasteiger charge is -2.40. The Morgan fingerprint density at radius 3 is 2.33 bits per heavy atom. The van der Waals surface area contributed by atoms with Crippen molar-refractivity contribution in [1.29, 1.82) is 0 Å². The van der Waals surface area contributed by atoms with Gasteiger partial charge in [-0.15, -0.1) is 0 Å². The fourth-order valence-corrected chi connectivity index (χ4v) is 4.05. The summed E-state index contributed by atoms with van der Waals surface area (Å²) in [7, 11) is 2.37. The molecule has 0 aliphatic heterocycles. The van der Waals surface area contributed by atoms with Crippen LogP contribution in [-0.2, 0) is 0 Å². The molecule has 0 spiro atoms. The number of nitrogens with zero attached hydrogens (tertiary/aromatic N) is 1. The van der Waals surface area contributed by atoms with Gasteiger partial charge < -0.3 is 10.2 Å². The Morgan fingerprint density at radius 1 is 0.944 bits per heavy atom. The number of rotatable bonds is 5. The molecule has 0 amide bonds. The maximum absolute atomic E-state index is 3.71. The van der Waals surface area contributed by atoms with Crippen molar-refractivity contribution in [3.05, 3.63) is 0 Å². The van der Waals surface area contributed by atoms with E-state index in [0.717, 1.165) is 24.5 Å². The first-order chi connectivity index (χ1) is 8.81. The van der Waals surface area contributed by atoms with Gasteiger partial charge in [-0.2, -0.15) is 0 Å². The minimum absolute atomic E-state index is 0.748. The average Bonchev–Trinajstić information content (AvgIpc) is 2.41. The number of nitrogens with one attached hydrogen (secondary N) is 1. The summed E-state index contributed by atoms with van der Waals surface area (Å²) >= 11 is 0. The van der Waals surface area contributed by atoms with Crippen molar-refractivity contribution in [2.24, 2.45) is 5.92 Å². The minimum Gasteiger partial charge on any atom is -0.313 e. The Kier molecular flexibility index (Phi) is 5.97. The summed E-state index contributed by atoms with van der Waals surface area (Å²) in [6.45, 7) is 4.71. The molecule has 0 saturated heterocycles. The summed E-state index contributed by atoms with van der Waals surface area (Å²) in [5.74, 6) is 0.980. The van der Waals surface area contributed by atoms with Gasteiger partial charge in [0, 0.05) is 18.6 Å². The van der Waals surface area contributed by atoms with E-state index in [0.29, 0.717) is 0 Å². The van der Waals surface area contributed by atoms with Crippen LogP contribution >= 0.6 is 0 Å². The van der Waals surface area contributed by atoms with Crippen molar-refractivity contribution in [3.63, 3.8) is 0 Å². The molecule has 0 radical (unpaired) electrons. The van der Waals surface area contributed by atoms with E-state index in [-0.39, 0.29) is 0 Å². The molecule has 2 unspecified atom stereocenters. The maximum Gasteiger partial charge on any atom is 0.0246 e. The first-order valence-corrected chi connectivity index (χ1v) is 8.25. The standard InChI is InChI=1S/C16H32N2/c1-3-17-15-11-7-8-12-16(15)18(2)13-14-9-5-4-6-10-14/h14-17H,3-13H2,1-2H3. The van der Waals surface area contributed by atoms with Crippen LogP contribution < -0.4 is 5.32 Å². The van der Waals surface area contributed by atoms with Crippen molar-refractivity contribution in [1.82, 2.24) is 10.2 Å². The lowest BCUT2D eigenvalue weighted by Crippen LogP contribution is -2.51. The van der Waals surface area contributed by atoms with Crippen molar-refractivity contribution in [2.75, 3.05) is 20.1 Å². The molecular weight excluding hydrogens is 220 g/mol. The molecule has 0 aromatic rings. The molecular formula is C16H32N2. The summed E-state index contributed by atoms with van der Waals surface area (Å²) in [6.07, 6.45) is 13.0. The van der Waals surface area contributed by atoms with Gasteiger partial charge in [-0.1, -0.05) is 39.0 Å². The van der Waals surface area contributed by atoms with Gasteiger partial charge in [0.2, 0.25) is 0 Å². The fourth-order valence-electron chi connectivity index (χ4n) is 4.05. The van der Waals surface area contributed by atoms with Crippen molar-refractivity contribution in [3.8, 4) is 0 Å². The molecule has 2 aliphatic carbocycles. The van der Waals surface area contributed by atoms with Crippen molar-refractivity contribution in [2.45, 2.75) is 76.8 Å². The molecule has 106 valence electrons. The second kappa shape index (κ2) is 7.49. The van der Waals surface area contributed by atoms with Gasteiger partial charge in [0.05, 0.1) is 0 Å². The van der Waals surface area contributed by atoms with Crippen LogP contribution in [0.25, 0.3) is 0 Å². The summed E-state index contributed by atoms with van der Waals surface area (Å²) in [5.41, 5.74) is 0. The normalized spacial score (nSPS) is 30.8. The lowest BCUT2D eigenvalue weighted by atomic mass is 9.86. The molecule has 0 aromatic heterocycles. The van der Waals surface area contributed by atoms with E-state index in [1.807, 2.05) is 0 Å². The van der Waals surface area contributed by atoms with Crippen LogP contribution in [0.3, 0.4) is 0 Å². The van der Waals surface area contributed by atoms with Crippen LogP contribution in [0.1, 0.15) is 64.7 Å². The summed E-state index contributed by atoms with van der Waals surface area (Å²) in [4.78, 5) is 2.68.